The number of para-hydroxylation sites is 1. The summed E-state index contributed by atoms with van der Waals surface area (Å²) in [6, 6.07) is 15.1. The first kappa shape index (κ1) is 20.8. The molecule has 0 radical (unpaired) electrons. The molecule has 0 saturated carbocycles. The number of carbonyl (C=O) groups is 2. The number of esters is 1. The minimum Gasteiger partial charge on any atom is -0.444 e. The highest BCUT2D eigenvalue weighted by atomic mass is 35.5. The minimum absolute atomic E-state index is 0.446. The van der Waals surface area contributed by atoms with Gasteiger partial charge in [-0.3, -0.25) is 4.79 Å². The second-order valence-electron chi connectivity index (χ2n) is 7.20. The van der Waals surface area contributed by atoms with Crippen LogP contribution in [0.5, 0.6) is 5.75 Å². The average molecular weight is 390 g/mol. The van der Waals surface area contributed by atoms with Crippen molar-refractivity contribution in [1.82, 2.24) is 5.32 Å². The van der Waals surface area contributed by atoms with Crippen molar-refractivity contribution in [3.63, 3.8) is 0 Å². The van der Waals surface area contributed by atoms with E-state index in [0.717, 1.165) is 5.56 Å². The normalized spacial score (nSPS) is 13.4. The number of nitrogens with one attached hydrogen (secondary N) is 1. The molecule has 0 aromatic heterocycles. The van der Waals surface area contributed by atoms with Crippen LogP contribution in [-0.4, -0.2) is 17.7 Å². The summed E-state index contributed by atoms with van der Waals surface area (Å²) in [6.45, 7) is 7.02. The van der Waals surface area contributed by atoms with E-state index in [0.29, 0.717) is 10.8 Å². The molecule has 0 saturated heterocycles. The lowest BCUT2D eigenvalue weighted by Gasteiger charge is -2.27. The zero-order valence-corrected chi connectivity index (χ0v) is 16.6. The van der Waals surface area contributed by atoms with Crippen LogP contribution in [0.4, 0.5) is 4.79 Å². The Balaban J connectivity index is 2.20. The summed E-state index contributed by atoms with van der Waals surface area (Å²) >= 11 is 5.95. The van der Waals surface area contributed by atoms with Crippen LogP contribution in [0.1, 0.15) is 39.3 Å². The highest BCUT2D eigenvalue weighted by Gasteiger charge is 2.30. The molecule has 6 heteroatoms. The Morgan fingerprint density at radius 3 is 2.15 bits per heavy atom. The molecular formula is C21H24ClNO4. The molecule has 0 spiro atoms. The predicted octanol–water partition coefficient (Wildman–Crippen LogP) is 5.15. The van der Waals surface area contributed by atoms with Crippen molar-refractivity contribution >= 4 is 23.7 Å². The van der Waals surface area contributed by atoms with Crippen LogP contribution in [0.3, 0.4) is 0 Å². The van der Waals surface area contributed by atoms with Crippen LogP contribution in [0.25, 0.3) is 0 Å². The smallest absolute Gasteiger partial charge is 0.408 e. The van der Waals surface area contributed by atoms with Gasteiger partial charge in [0.05, 0.1) is 12.0 Å². The van der Waals surface area contributed by atoms with Crippen molar-refractivity contribution < 1.29 is 19.1 Å². The second-order valence-corrected chi connectivity index (χ2v) is 7.63. The summed E-state index contributed by atoms with van der Waals surface area (Å²) in [7, 11) is 0. The van der Waals surface area contributed by atoms with E-state index >= 15 is 0 Å². The lowest BCUT2D eigenvalue weighted by molar-refractivity contribution is -0.139. The molecule has 144 valence electrons. The third-order valence-corrected chi connectivity index (χ3v) is 3.99. The highest BCUT2D eigenvalue weighted by molar-refractivity contribution is 6.30. The fraction of sp³-hybridized carbons (Fsp3) is 0.333. The molecule has 0 heterocycles. The topological polar surface area (TPSA) is 64.6 Å². The number of halogens is 1. The first-order valence-electron chi connectivity index (χ1n) is 8.67. The van der Waals surface area contributed by atoms with E-state index in [2.05, 4.69) is 5.32 Å². The fourth-order valence-electron chi connectivity index (χ4n) is 2.44. The van der Waals surface area contributed by atoms with Crippen LogP contribution < -0.4 is 10.1 Å². The van der Waals surface area contributed by atoms with Gasteiger partial charge in [-0.05, 0) is 57.5 Å². The zero-order chi connectivity index (χ0) is 20.0. The average Bonchev–Trinajstić information content (AvgIpc) is 2.59. The van der Waals surface area contributed by atoms with Gasteiger partial charge in [-0.15, -0.1) is 0 Å². The Kier molecular flexibility index (Phi) is 6.86. The summed E-state index contributed by atoms with van der Waals surface area (Å²) in [5, 5.41) is 3.33. The number of amides is 1. The molecule has 2 aromatic carbocycles. The van der Waals surface area contributed by atoms with Gasteiger partial charge < -0.3 is 14.8 Å². The molecule has 0 unspecified atom stereocenters. The maximum absolute atomic E-state index is 12.6. The van der Waals surface area contributed by atoms with Crippen LogP contribution >= 0.6 is 11.6 Å². The molecule has 1 N–H and O–H groups in total. The summed E-state index contributed by atoms with van der Waals surface area (Å²) in [6.07, 6.45) is -0.609. The van der Waals surface area contributed by atoms with Crippen molar-refractivity contribution in [2.75, 3.05) is 0 Å². The van der Waals surface area contributed by atoms with Gasteiger partial charge in [0.1, 0.15) is 11.4 Å². The number of ether oxygens (including phenoxy) is 2. The standard InChI is InChI=1S/C21H24ClNO4/c1-14(19(24)26-17-8-6-5-7-9-17)18(15-10-12-16(22)13-11-15)23-20(25)27-21(2,3)4/h5-14,18H,1-4H3,(H,23,25)/t14-,18-/m0/s1. The molecule has 0 aliphatic rings. The first-order valence-corrected chi connectivity index (χ1v) is 9.05. The Hall–Kier alpha value is -2.53. The first-order chi connectivity index (χ1) is 12.7. The summed E-state index contributed by atoms with van der Waals surface area (Å²) in [5.74, 6) is -0.669. The molecule has 27 heavy (non-hydrogen) atoms. The lowest BCUT2D eigenvalue weighted by atomic mass is 9.94. The summed E-state index contributed by atoms with van der Waals surface area (Å²) in [5.41, 5.74) is 0.0744. The lowest BCUT2D eigenvalue weighted by Crippen LogP contribution is -2.40. The van der Waals surface area contributed by atoms with Crippen LogP contribution in [0.2, 0.25) is 5.02 Å². The highest BCUT2D eigenvalue weighted by Crippen LogP contribution is 2.26. The van der Waals surface area contributed by atoms with Gasteiger partial charge in [-0.1, -0.05) is 41.9 Å². The Bertz CT molecular complexity index is 769. The van der Waals surface area contributed by atoms with Crippen molar-refractivity contribution in [3.8, 4) is 5.75 Å². The molecule has 5 nitrogen and oxygen atoms in total. The molecule has 2 atom stereocenters. The van der Waals surface area contributed by atoms with Crippen LogP contribution in [-0.2, 0) is 9.53 Å². The maximum atomic E-state index is 12.6. The van der Waals surface area contributed by atoms with Gasteiger partial charge >= 0.3 is 12.1 Å². The molecule has 1 amide bonds. The van der Waals surface area contributed by atoms with E-state index in [1.54, 1.807) is 76.2 Å². The third-order valence-electron chi connectivity index (χ3n) is 3.73. The minimum atomic E-state index is -0.654. The number of hydrogen-bond donors (Lipinski definition) is 1. The molecule has 2 aromatic rings. The summed E-state index contributed by atoms with van der Waals surface area (Å²) < 4.78 is 10.8. The number of carbonyl (C=O) groups excluding carboxylic acids is 2. The van der Waals surface area contributed by atoms with Gasteiger partial charge in [0, 0.05) is 5.02 Å². The number of rotatable bonds is 5. The quantitative estimate of drug-likeness (QED) is 0.567. The SMILES string of the molecule is C[C@H](C(=O)Oc1ccccc1)[C@H](NC(=O)OC(C)(C)C)c1ccc(Cl)cc1. The van der Waals surface area contributed by atoms with Crippen LogP contribution in [0.15, 0.2) is 54.6 Å². The number of benzene rings is 2. The molecule has 0 fully saturated rings. The number of hydrogen-bond acceptors (Lipinski definition) is 4. The summed E-state index contributed by atoms with van der Waals surface area (Å²) in [4.78, 5) is 24.9. The van der Waals surface area contributed by atoms with Gasteiger partial charge in [0.15, 0.2) is 0 Å². The monoisotopic (exact) mass is 389 g/mol. The van der Waals surface area contributed by atoms with E-state index < -0.39 is 29.6 Å². The van der Waals surface area contributed by atoms with Crippen molar-refractivity contribution in [2.24, 2.45) is 5.92 Å². The van der Waals surface area contributed by atoms with E-state index in [1.165, 1.54) is 0 Å². The Morgan fingerprint density at radius 2 is 1.59 bits per heavy atom. The largest absolute Gasteiger partial charge is 0.444 e. The fourth-order valence-corrected chi connectivity index (χ4v) is 2.56. The Labute approximate surface area is 164 Å². The molecule has 0 bridgehead atoms. The van der Waals surface area contributed by atoms with E-state index in [4.69, 9.17) is 21.1 Å². The van der Waals surface area contributed by atoms with Crippen molar-refractivity contribution in [2.45, 2.75) is 39.3 Å². The molecule has 0 aliphatic heterocycles. The van der Waals surface area contributed by atoms with Gasteiger partial charge in [-0.2, -0.15) is 0 Å². The molecule has 0 aliphatic carbocycles. The van der Waals surface area contributed by atoms with Gasteiger partial charge in [-0.25, -0.2) is 4.79 Å². The second kappa shape index (κ2) is 8.91. The van der Waals surface area contributed by atoms with Gasteiger partial charge in [0.25, 0.3) is 0 Å². The maximum Gasteiger partial charge on any atom is 0.408 e. The zero-order valence-electron chi connectivity index (χ0n) is 15.9. The van der Waals surface area contributed by atoms with E-state index in [1.807, 2.05) is 6.07 Å². The number of alkyl carbamates (subject to hydrolysis) is 1. The Morgan fingerprint density at radius 1 is 1.00 bits per heavy atom. The van der Waals surface area contributed by atoms with Crippen molar-refractivity contribution in [3.05, 3.63) is 65.2 Å². The third kappa shape index (κ3) is 6.61. The predicted molar refractivity (Wildman–Crippen MR) is 105 cm³/mol. The van der Waals surface area contributed by atoms with Gasteiger partial charge in [0.2, 0.25) is 0 Å². The molecule has 2 rings (SSSR count). The van der Waals surface area contributed by atoms with E-state index in [-0.39, 0.29) is 0 Å². The van der Waals surface area contributed by atoms with Crippen LogP contribution in [0, 0.1) is 5.92 Å². The van der Waals surface area contributed by atoms with E-state index in [9.17, 15) is 9.59 Å². The van der Waals surface area contributed by atoms with Crippen molar-refractivity contribution in [1.29, 1.82) is 0 Å². The molecular weight excluding hydrogens is 366 g/mol.